The Morgan fingerprint density at radius 2 is 1.06 bits per heavy atom. The molecule has 6 aromatic rings. The number of rotatable bonds is 10. The average molecular weight is 693 g/mol. The van der Waals surface area contributed by atoms with Crippen LogP contribution in [0.25, 0.3) is 33.2 Å². The molecule has 0 aliphatic carbocycles. The van der Waals surface area contributed by atoms with Crippen molar-refractivity contribution in [3.63, 3.8) is 0 Å². The molecule has 0 fully saturated rings. The summed E-state index contributed by atoms with van der Waals surface area (Å²) in [6.45, 7) is 31.7. The van der Waals surface area contributed by atoms with E-state index in [1.165, 1.54) is 11.1 Å². The molecule has 0 radical (unpaired) electrons. The maximum atomic E-state index is 6.80. The number of nitrogens with zero attached hydrogens (tertiary/aromatic N) is 6. The highest BCUT2D eigenvalue weighted by Crippen LogP contribution is 2.49. The quantitative estimate of drug-likeness (QED) is 0.138. The maximum Gasteiger partial charge on any atom is 0.229 e. The molecule has 51 heavy (non-hydrogen) atoms. The van der Waals surface area contributed by atoms with Gasteiger partial charge >= 0.3 is 0 Å². The van der Waals surface area contributed by atoms with Crippen LogP contribution in [0.15, 0.2) is 50.4 Å². The maximum absolute atomic E-state index is 6.80. The Kier molecular flexibility index (Phi) is 8.79. The van der Waals surface area contributed by atoms with Crippen molar-refractivity contribution in [3.8, 4) is 0 Å². The second kappa shape index (κ2) is 12.2. The van der Waals surface area contributed by atoms with E-state index < -0.39 is 0 Å². The van der Waals surface area contributed by atoms with Gasteiger partial charge in [-0.1, -0.05) is 96.9 Å². The summed E-state index contributed by atoms with van der Waals surface area (Å²) in [6, 6.07) is 1.92. The van der Waals surface area contributed by atoms with Crippen molar-refractivity contribution in [1.82, 2.24) is 30.4 Å². The van der Waals surface area contributed by atoms with E-state index in [0.29, 0.717) is 5.71 Å². The number of furan rings is 3. The first-order chi connectivity index (χ1) is 23.5. The topological polar surface area (TPSA) is 117 Å². The standard InChI is InChI=1S/C42H56N6O3/c1-37(2,3)31-32-27(15-20-45-48-32)49-35(31)42(13,14)19-16-39(7,8)29-25-22-46-47-23-28(25)50-34(29)41(11,12)18-17-40(9,10)30-26-21-43-24-44-36(26)51-33(30)38(4,5)6/h15,20-24H,16-19H2,1-14H3. The Bertz CT molecular complexity index is 2200. The zero-order chi connectivity index (χ0) is 37.4. The molecule has 0 saturated heterocycles. The molecule has 0 saturated carbocycles. The molecular formula is C42H56N6O3. The van der Waals surface area contributed by atoms with E-state index in [0.717, 1.165) is 76.0 Å². The SMILES string of the molecule is CC(C)(C)c1oc2ncncc2c1C(C)(C)CCC(C)(C)c1oc2cnncc2c1C(C)(C)CCC(C)(C)c1oc2ccnnc2c1C(C)(C)C. The third-order valence-corrected chi connectivity index (χ3v) is 10.9. The van der Waals surface area contributed by atoms with Gasteiger partial charge in [-0.05, 0) is 41.9 Å². The van der Waals surface area contributed by atoms with Crippen molar-refractivity contribution in [2.45, 2.75) is 155 Å². The Labute approximate surface area is 302 Å². The van der Waals surface area contributed by atoms with Crippen LogP contribution in [0.1, 0.15) is 157 Å². The van der Waals surface area contributed by atoms with Crippen molar-refractivity contribution >= 4 is 33.2 Å². The second-order valence-corrected chi connectivity index (χ2v) is 19.2. The smallest absolute Gasteiger partial charge is 0.229 e. The minimum atomic E-state index is -0.298. The minimum Gasteiger partial charge on any atom is -0.458 e. The number of hydrogen-bond acceptors (Lipinski definition) is 9. The summed E-state index contributed by atoms with van der Waals surface area (Å²) in [5.41, 5.74) is 5.21. The van der Waals surface area contributed by atoms with E-state index in [1.807, 2.05) is 18.5 Å². The molecule has 0 unspecified atom stereocenters. The van der Waals surface area contributed by atoms with Crippen LogP contribution in [0, 0.1) is 0 Å². The monoisotopic (exact) mass is 692 g/mol. The molecule has 0 aliphatic rings. The van der Waals surface area contributed by atoms with Crippen LogP contribution >= 0.6 is 0 Å². The fourth-order valence-corrected chi connectivity index (χ4v) is 7.80. The van der Waals surface area contributed by atoms with Crippen LogP contribution in [-0.4, -0.2) is 30.4 Å². The van der Waals surface area contributed by atoms with Gasteiger partial charge in [0.05, 0.1) is 24.0 Å². The van der Waals surface area contributed by atoms with Gasteiger partial charge in [-0.15, -0.1) is 5.10 Å². The number of hydrogen-bond donors (Lipinski definition) is 0. The molecule has 9 nitrogen and oxygen atoms in total. The van der Waals surface area contributed by atoms with Crippen molar-refractivity contribution in [1.29, 1.82) is 0 Å². The molecule has 6 rings (SSSR count). The van der Waals surface area contributed by atoms with Crippen LogP contribution in [0.5, 0.6) is 0 Å². The van der Waals surface area contributed by atoms with Crippen LogP contribution in [-0.2, 0) is 32.5 Å². The van der Waals surface area contributed by atoms with Crippen LogP contribution < -0.4 is 0 Å². The molecule has 6 heterocycles. The lowest BCUT2D eigenvalue weighted by molar-refractivity contribution is 0.299. The van der Waals surface area contributed by atoms with Gasteiger partial charge in [-0.3, -0.25) is 0 Å². The molecular weight excluding hydrogens is 637 g/mol. The van der Waals surface area contributed by atoms with Gasteiger partial charge in [-0.2, -0.15) is 15.3 Å². The van der Waals surface area contributed by atoms with Crippen molar-refractivity contribution < 1.29 is 13.3 Å². The highest BCUT2D eigenvalue weighted by atomic mass is 16.4. The Balaban J connectivity index is 1.34. The second-order valence-electron chi connectivity index (χ2n) is 19.2. The van der Waals surface area contributed by atoms with Gasteiger partial charge in [0.1, 0.15) is 29.1 Å². The van der Waals surface area contributed by atoms with Crippen LogP contribution in [0.2, 0.25) is 0 Å². The molecule has 0 aliphatic heterocycles. The molecule has 0 spiro atoms. The van der Waals surface area contributed by atoms with Crippen molar-refractivity contribution in [2.75, 3.05) is 0 Å². The highest BCUT2D eigenvalue weighted by molar-refractivity contribution is 5.83. The van der Waals surface area contributed by atoms with Gasteiger partial charge in [0.15, 0.2) is 11.2 Å². The fraction of sp³-hybridized carbons (Fsp3) is 0.571. The predicted molar refractivity (Wildman–Crippen MR) is 203 cm³/mol. The molecule has 0 aromatic carbocycles. The Morgan fingerprint density at radius 3 is 1.67 bits per heavy atom. The average Bonchev–Trinajstić information content (AvgIpc) is 3.76. The number of fused-ring (bicyclic) bond motifs is 3. The molecule has 0 atom stereocenters. The van der Waals surface area contributed by atoms with Gasteiger partial charge in [-0.25, -0.2) is 9.97 Å². The molecule has 272 valence electrons. The van der Waals surface area contributed by atoms with Crippen LogP contribution in [0.3, 0.4) is 0 Å². The Hall–Kier alpha value is -4.14. The van der Waals surface area contributed by atoms with E-state index in [1.54, 1.807) is 18.7 Å². The molecule has 0 bridgehead atoms. The predicted octanol–water partition coefficient (Wildman–Crippen LogP) is 11.0. The summed E-state index contributed by atoms with van der Waals surface area (Å²) in [4.78, 5) is 8.85. The summed E-state index contributed by atoms with van der Waals surface area (Å²) in [7, 11) is 0. The lowest BCUT2D eigenvalue weighted by Gasteiger charge is -2.36. The van der Waals surface area contributed by atoms with E-state index in [4.69, 9.17) is 13.3 Å². The third-order valence-electron chi connectivity index (χ3n) is 10.9. The van der Waals surface area contributed by atoms with E-state index >= 15 is 0 Å². The zero-order valence-corrected chi connectivity index (χ0v) is 33.2. The zero-order valence-electron chi connectivity index (χ0n) is 33.2. The first-order valence-corrected chi connectivity index (χ1v) is 18.3. The van der Waals surface area contributed by atoms with Crippen LogP contribution in [0.4, 0.5) is 0 Å². The summed E-state index contributed by atoms with van der Waals surface area (Å²) >= 11 is 0. The Morgan fingerprint density at radius 1 is 0.510 bits per heavy atom. The van der Waals surface area contributed by atoms with Crippen molar-refractivity contribution in [3.05, 3.63) is 71.2 Å². The lowest BCUT2D eigenvalue weighted by Crippen LogP contribution is -2.30. The third kappa shape index (κ3) is 6.69. The summed E-state index contributed by atoms with van der Waals surface area (Å²) in [6.07, 6.45) is 12.3. The number of aromatic nitrogens is 6. The summed E-state index contributed by atoms with van der Waals surface area (Å²) in [5, 5.41) is 19.2. The molecule has 9 heteroatoms. The van der Waals surface area contributed by atoms with Gasteiger partial charge < -0.3 is 13.3 Å². The van der Waals surface area contributed by atoms with Gasteiger partial charge in [0.2, 0.25) is 5.71 Å². The largest absolute Gasteiger partial charge is 0.458 e. The minimum absolute atomic E-state index is 0.156. The summed E-state index contributed by atoms with van der Waals surface area (Å²) in [5.74, 6) is 2.95. The first-order valence-electron chi connectivity index (χ1n) is 18.3. The summed E-state index contributed by atoms with van der Waals surface area (Å²) < 4.78 is 19.8. The highest BCUT2D eigenvalue weighted by Gasteiger charge is 2.42. The van der Waals surface area contributed by atoms with E-state index in [9.17, 15) is 0 Å². The molecule has 6 aromatic heterocycles. The van der Waals surface area contributed by atoms with Gasteiger partial charge in [0, 0.05) is 50.6 Å². The van der Waals surface area contributed by atoms with E-state index in [-0.39, 0.29) is 32.5 Å². The van der Waals surface area contributed by atoms with Crippen molar-refractivity contribution in [2.24, 2.45) is 0 Å². The van der Waals surface area contributed by atoms with Gasteiger partial charge in [0.25, 0.3) is 0 Å². The first kappa shape index (κ1) is 36.6. The molecule has 0 amide bonds. The molecule has 0 N–H and O–H groups in total. The lowest BCUT2D eigenvalue weighted by atomic mass is 9.68. The fourth-order valence-electron chi connectivity index (χ4n) is 7.80. The normalized spacial score (nSPS) is 14.0. The van der Waals surface area contributed by atoms with E-state index in [2.05, 4.69) is 127 Å².